The third-order valence-electron chi connectivity index (χ3n) is 4.39. The molecule has 2 amide bonds. The molecule has 1 saturated heterocycles. The molecule has 92 valence electrons. The summed E-state index contributed by atoms with van der Waals surface area (Å²) in [6, 6.07) is 0.0884. The van der Waals surface area contributed by atoms with Gasteiger partial charge in [0.2, 0.25) is 0 Å². The number of hydrogen-bond acceptors (Lipinski definition) is 2. The Morgan fingerprint density at radius 2 is 2.31 bits per heavy atom. The molecule has 1 heterocycles. The molecule has 2 aliphatic rings. The van der Waals surface area contributed by atoms with Crippen LogP contribution in [0, 0.1) is 5.92 Å². The van der Waals surface area contributed by atoms with Crippen molar-refractivity contribution in [1.82, 2.24) is 10.2 Å². The summed E-state index contributed by atoms with van der Waals surface area (Å²) in [4.78, 5) is 14.0. The summed E-state index contributed by atoms with van der Waals surface area (Å²) in [5, 5.41) is 2.94. The quantitative estimate of drug-likeness (QED) is 0.744. The number of urea groups is 1. The molecule has 0 bridgehead atoms. The monoisotopic (exact) mass is 225 g/mol. The van der Waals surface area contributed by atoms with E-state index in [1.807, 2.05) is 4.90 Å². The summed E-state index contributed by atoms with van der Waals surface area (Å²) < 4.78 is 0. The fourth-order valence-electron chi connectivity index (χ4n) is 3.27. The molecule has 0 aromatic carbocycles. The van der Waals surface area contributed by atoms with E-state index >= 15 is 0 Å². The fourth-order valence-corrected chi connectivity index (χ4v) is 3.27. The van der Waals surface area contributed by atoms with Crippen molar-refractivity contribution < 1.29 is 4.79 Å². The van der Waals surface area contributed by atoms with Crippen LogP contribution in [0.1, 0.15) is 39.0 Å². The first kappa shape index (κ1) is 11.7. The molecule has 0 radical (unpaired) electrons. The molecule has 4 heteroatoms. The van der Waals surface area contributed by atoms with Gasteiger partial charge in [-0.05, 0) is 25.2 Å². The van der Waals surface area contributed by atoms with Crippen molar-refractivity contribution in [1.29, 1.82) is 0 Å². The van der Waals surface area contributed by atoms with E-state index in [9.17, 15) is 4.79 Å². The number of rotatable bonds is 2. The molecule has 1 aliphatic heterocycles. The van der Waals surface area contributed by atoms with E-state index in [0.29, 0.717) is 12.5 Å². The summed E-state index contributed by atoms with van der Waals surface area (Å²) in [5.74, 6) is 0.523. The Morgan fingerprint density at radius 3 is 2.94 bits per heavy atom. The van der Waals surface area contributed by atoms with Crippen LogP contribution in [0.4, 0.5) is 4.79 Å². The van der Waals surface area contributed by atoms with Crippen molar-refractivity contribution in [2.45, 2.75) is 44.6 Å². The number of hydrogen-bond donors (Lipinski definition) is 2. The van der Waals surface area contributed by atoms with Crippen LogP contribution in [0.2, 0.25) is 0 Å². The Hall–Kier alpha value is -0.770. The van der Waals surface area contributed by atoms with Gasteiger partial charge in [0, 0.05) is 19.6 Å². The first-order valence-electron chi connectivity index (χ1n) is 6.46. The van der Waals surface area contributed by atoms with Crippen LogP contribution in [0.15, 0.2) is 0 Å². The smallest absolute Gasteiger partial charge is 0.317 e. The maximum Gasteiger partial charge on any atom is 0.317 e. The van der Waals surface area contributed by atoms with Crippen LogP contribution in [0.3, 0.4) is 0 Å². The molecule has 0 aromatic heterocycles. The minimum atomic E-state index is -0.0806. The number of carbonyl (C=O) groups is 1. The SMILES string of the molecule is CC1CCCCC1(CN)N1CCCNC1=O. The highest BCUT2D eigenvalue weighted by Crippen LogP contribution is 2.38. The topological polar surface area (TPSA) is 58.4 Å². The zero-order chi connectivity index (χ0) is 11.6. The summed E-state index contributed by atoms with van der Waals surface area (Å²) in [6.45, 7) is 4.52. The van der Waals surface area contributed by atoms with Crippen LogP contribution in [0.5, 0.6) is 0 Å². The summed E-state index contributed by atoms with van der Waals surface area (Å²) in [5.41, 5.74) is 5.92. The van der Waals surface area contributed by atoms with E-state index in [-0.39, 0.29) is 11.6 Å². The Labute approximate surface area is 97.6 Å². The van der Waals surface area contributed by atoms with E-state index in [0.717, 1.165) is 25.9 Å². The summed E-state index contributed by atoms with van der Waals surface area (Å²) in [7, 11) is 0. The van der Waals surface area contributed by atoms with Crippen LogP contribution in [-0.4, -0.2) is 36.1 Å². The van der Waals surface area contributed by atoms with Crippen molar-refractivity contribution in [2.75, 3.05) is 19.6 Å². The lowest BCUT2D eigenvalue weighted by molar-refractivity contribution is 0.0338. The molecule has 0 spiro atoms. The first-order valence-corrected chi connectivity index (χ1v) is 6.46. The molecule has 2 unspecified atom stereocenters. The Balaban J connectivity index is 2.21. The van der Waals surface area contributed by atoms with Gasteiger partial charge in [0.1, 0.15) is 0 Å². The van der Waals surface area contributed by atoms with Gasteiger partial charge < -0.3 is 16.0 Å². The maximum absolute atomic E-state index is 12.0. The third kappa shape index (κ3) is 1.79. The van der Waals surface area contributed by atoms with E-state index < -0.39 is 0 Å². The lowest BCUT2D eigenvalue weighted by Gasteiger charge is -2.51. The van der Waals surface area contributed by atoms with Gasteiger partial charge in [0.05, 0.1) is 5.54 Å². The number of carbonyl (C=O) groups excluding carboxylic acids is 1. The molecule has 2 rings (SSSR count). The second-order valence-corrected chi connectivity index (χ2v) is 5.19. The van der Waals surface area contributed by atoms with Gasteiger partial charge in [-0.3, -0.25) is 0 Å². The van der Waals surface area contributed by atoms with Crippen molar-refractivity contribution in [2.24, 2.45) is 11.7 Å². The standard InChI is InChI=1S/C12H23N3O/c1-10-5-2-3-6-12(10,9-13)15-8-4-7-14-11(15)16/h10H,2-9,13H2,1H3,(H,14,16). The molecule has 1 saturated carbocycles. The number of nitrogens with zero attached hydrogens (tertiary/aromatic N) is 1. The lowest BCUT2D eigenvalue weighted by atomic mass is 9.72. The number of nitrogens with two attached hydrogens (primary N) is 1. The van der Waals surface area contributed by atoms with Crippen molar-refractivity contribution in [3.05, 3.63) is 0 Å². The van der Waals surface area contributed by atoms with E-state index in [1.54, 1.807) is 0 Å². The largest absolute Gasteiger partial charge is 0.338 e. The van der Waals surface area contributed by atoms with E-state index in [1.165, 1.54) is 19.3 Å². The van der Waals surface area contributed by atoms with Crippen LogP contribution in [0.25, 0.3) is 0 Å². The normalized spacial score (nSPS) is 36.0. The molecule has 4 nitrogen and oxygen atoms in total. The molecule has 16 heavy (non-hydrogen) atoms. The van der Waals surface area contributed by atoms with E-state index in [2.05, 4.69) is 12.2 Å². The second-order valence-electron chi connectivity index (χ2n) is 5.19. The average Bonchev–Trinajstić information content (AvgIpc) is 2.31. The zero-order valence-electron chi connectivity index (χ0n) is 10.2. The predicted molar refractivity (Wildman–Crippen MR) is 64.1 cm³/mol. The van der Waals surface area contributed by atoms with Gasteiger partial charge >= 0.3 is 6.03 Å². The first-order chi connectivity index (χ1) is 7.70. The minimum Gasteiger partial charge on any atom is -0.338 e. The van der Waals surface area contributed by atoms with Gasteiger partial charge in [-0.2, -0.15) is 0 Å². The summed E-state index contributed by atoms with van der Waals surface area (Å²) in [6.07, 6.45) is 5.78. The predicted octanol–water partition coefficient (Wildman–Crippen LogP) is 1.31. The molecular weight excluding hydrogens is 202 g/mol. The van der Waals surface area contributed by atoms with Crippen molar-refractivity contribution >= 4 is 6.03 Å². The van der Waals surface area contributed by atoms with Gasteiger partial charge in [-0.15, -0.1) is 0 Å². The zero-order valence-corrected chi connectivity index (χ0v) is 10.2. The molecule has 2 fully saturated rings. The minimum absolute atomic E-state index is 0.0806. The highest BCUT2D eigenvalue weighted by atomic mass is 16.2. The van der Waals surface area contributed by atoms with Crippen LogP contribution >= 0.6 is 0 Å². The molecule has 3 N–H and O–H groups in total. The third-order valence-corrected chi connectivity index (χ3v) is 4.39. The maximum atomic E-state index is 12.0. The molecule has 2 atom stereocenters. The fraction of sp³-hybridized carbons (Fsp3) is 0.917. The average molecular weight is 225 g/mol. The van der Waals surface area contributed by atoms with Gasteiger partial charge in [-0.1, -0.05) is 19.8 Å². The Morgan fingerprint density at radius 1 is 1.50 bits per heavy atom. The molecular formula is C12H23N3O. The van der Waals surface area contributed by atoms with Crippen molar-refractivity contribution in [3.8, 4) is 0 Å². The second kappa shape index (κ2) is 4.62. The number of nitrogens with one attached hydrogen (secondary N) is 1. The highest BCUT2D eigenvalue weighted by molar-refractivity contribution is 5.76. The summed E-state index contributed by atoms with van der Waals surface area (Å²) >= 11 is 0. The van der Waals surface area contributed by atoms with Crippen molar-refractivity contribution in [3.63, 3.8) is 0 Å². The lowest BCUT2D eigenvalue weighted by Crippen LogP contribution is -2.65. The van der Waals surface area contributed by atoms with Gasteiger partial charge in [-0.25, -0.2) is 4.79 Å². The van der Waals surface area contributed by atoms with Crippen LogP contribution in [-0.2, 0) is 0 Å². The highest BCUT2D eigenvalue weighted by Gasteiger charge is 2.44. The molecule has 1 aliphatic carbocycles. The number of amides is 2. The van der Waals surface area contributed by atoms with E-state index in [4.69, 9.17) is 5.73 Å². The van der Waals surface area contributed by atoms with Gasteiger partial charge in [0.25, 0.3) is 0 Å². The van der Waals surface area contributed by atoms with Crippen LogP contribution < -0.4 is 11.1 Å². The van der Waals surface area contributed by atoms with Gasteiger partial charge in [0.15, 0.2) is 0 Å². The Kier molecular flexibility index (Phi) is 3.38. The molecule has 0 aromatic rings. The Bertz CT molecular complexity index is 269.